The molecule has 0 atom stereocenters. The van der Waals surface area contributed by atoms with Crippen LogP contribution in [0.15, 0.2) is 45.0 Å². The Morgan fingerprint density at radius 3 is 1.21 bits per heavy atom. The maximum atomic E-state index is 11.7. The maximum absolute atomic E-state index is 11.7. The van der Waals surface area contributed by atoms with Crippen LogP contribution < -0.4 is 18.9 Å². The molecule has 0 unspecified atom stereocenters. The molecule has 0 aliphatic carbocycles. The Kier molecular flexibility index (Phi) is 9.76. The minimum absolute atomic E-state index is 0.00238. The van der Waals surface area contributed by atoms with E-state index in [1.807, 2.05) is 0 Å². The first-order valence-corrected chi connectivity index (χ1v) is 15.0. The van der Waals surface area contributed by atoms with Crippen LogP contribution in [0.3, 0.4) is 0 Å². The molecule has 0 spiro atoms. The van der Waals surface area contributed by atoms with E-state index in [2.05, 4.69) is 0 Å². The van der Waals surface area contributed by atoms with Crippen molar-refractivity contribution in [3.8, 4) is 23.0 Å². The van der Waals surface area contributed by atoms with Gasteiger partial charge < -0.3 is 28.4 Å². The minimum Gasteiger partial charge on any atom is -0.487 e. The normalized spacial score (nSPS) is 16.7. The van der Waals surface area contributed by atoms with Crippen molar-refractivity contribution in [2.75, 3.05) is 52.9 Å². The number of benzene rings is 2. The summed E-state index contributed by atoms with van der Waals surface area (Å²) in [4.78, 5) is -2.62. The van der Waals surface area contributed by atoms with Crippen LogP contribution in [-0.4, -0.2) is 91.8 Å². The number of ether oxygens (including phenoxy) is 6. The molecule has 1 heterocycles. The molecule has 2 aromatic rings. The summed E-state index contributed by atoms with van der Waals surface area (Å²) in [6.45, 7) is -0.499. The largest absolute Gasteiger partial charge is 0.487 e. The van der Waals surface area contributed by atoms with Gasteiger partial charge in [-0.2, -0.15) is 25.3 Å². The Morgan fingerprint density at radius 2 is 0.842 bits per heavy atom. The van der Waals surface area contributed by atoms with E-state index in [1.54, 1.807) is 0 Å². The molecule has 0 saturated heterocycles. The molecular weight excluding hydrogens is 576 g/mol. The third kappa shape index (κ3) is 8.40. The molecule has 0 aromatic heterocycles. The Hall–Kier alpha value is -2.71. The lowest BCUT2D eigenvalue weighted by Crippen LogP contribution is -2.16. The second-order valence-corrected chi connectivity index (χ2v) is 11.6. The molecule has 15 nitrogen and oxygen atoms in total. The molecule has 18 heteroatoms. The summed E-state index contributed by atoms with van der Waals surface area (Å²) in [6.07, 6.45) is 0. The topological polar surface area (TPSA) is 218 Å². The van der Waals surface area contributed by atoms with E-state index in [-0.39, 0.29) is 75.9 Å². The molecule has 212 valence electrons. The smallest absolute Gasteiger partial charge is 0.296 e. The van der Waals surface area contributed by atoms with Crippen molar-refractivity contribution in [3.63, 3.8) is 0 Å². The van der Waals surface area contributed by atoms with Gasteiger partial charge in [0.2, 0.25) is 0 Å². The standard InChI is InChI=1S/C20H24O15S3/c21-36(22,23)14-1-2-15-16(11-14)33-8-4-31-6-10-35-18-13-20(38(27,28)29)19(37(24,25)26)12-17(18)34-9-5-30-3-7-32-15/h1-2,11-13H,3-10H2,(H,21,22,23)(H,24,25,26)(H,27,28,29). The van der Waals surface area contributed by atoms with Gasteiger partial charge in [0.05, 0.1) is 31.3 Å². The fraction of sp³-hybridized carbons (Fsp3) is 0.400. The first-order chi connectivity index (χ1) is 17.8. The van der Waals surface area contributed by atoms with Gasteiger partial charge in [0.25, 0.3) is 30.4 Å². The van der Waals surface area contributed by atoms with Crippen LogP contribution in [0.1, 0.15) is 0 Å². The number of hydrogen-bond acceptors (Lipinski definition) is 12. The molecule has 0 radical (unpaired) electrons. The SMILES string of the molecule is O=S(=O)(O)c1ccc2c(c1)OCCOCCOc1cc(S(=O)(=O)O)c(S(=O)(=O)O)cc1OCCOCCO2. The summed E-state index contributed by atoms with van der Waals surface area (Å²) in [6, 6.07) is 4.91. The lowest BCUT2D eigenvalue weighted by Gasteiger charge is -2.17. The number of fused-ring (bicyclic) bond motifs is 2. The van der Waals surface area contributed by atoms with Crippen LogP contribution in [0.5, 0.6) is 23.0 Å². The molecule has 38 heavy (non-hydrogen) atoms. The van der Waals surface area contributed by atoms with Crippen LogP contribution in [0.4, 0.5) is 0 Å². The third-order valence-corrected chi connectivity index (χ3v) is 7.49. The summed E-state index contributed by atoms with van der Waals surface area (Å²) in [7, 11) is -14.6. The highest BCUT2D eigenvalue weighted by molar-refractivity contribution is 7.89. The molecule has 0 fully saturated rings. The van der Waals surface area contributed by atoms with Gasteiger partial charge in [0, 0.05) is 18.2 Å². The number of hydrogen-bond donors (Lipinski definition) is 3. The lowest BCUT2D eigenvalue weighted by atomic mass is 10.3. The molecule has 0 bridgehead atoms. The van der Waals surface area contributed by atoms with E-state index in [0.717, 1.165) is 12.1 Å². The first-order valence-electron chi connectivity index (χ1n) is 10.7. The molecule has 3 rings (SSSR count). The van der Waals surface area contributed by atoms with Crippen molar-refractivity contribution in [1.82, 2.24) is 0 Å². The van der Waals surface area contributed by atoms with Gasteiger partial charge in [-0.1, -0.05) is 0 Å². The van der Waals surface area contributed by atoms with Crippen LogP contribution in [-0.2, 0) is 39.8 Å². The van der Waals surface area contributed by atoms with Gasteiger partial charge in [-0.3, -0.25) is 13.7 Å². The van der Waals surface area contributed by atoms with Crippen molar-refractivity contribution in [2.24, 2.45) is 0 Å². The first kappa shape index (κ1) is 29.8. The monoisotopic (exact) mass is 600 g/mol. The Labute approximate surface area is 218 Å². The highest BCUT2D eigenvalue weighted by atomic mass is 32.2. The minimum atomic E-state index is -5.08. The summed E-state index contributed by atoms with van der Waals surface area (Å²) in [5.74, 6) is -0.298. The van der Waals surface area contributed by atoms with Gasteiger partial charge in [-0.05, 0) is 12.1 Å². The Balaban J connectivity index is 1.79. The van der Waals surface area contributed by atoms with Crippen LogP contribution in [0.2, 0.25) is 0 Å². The zero-order chi connectivity index (χ0) is 28.0. The van der Waals surface area contributed by atoms with Crippen molar-refractivity contribution >= 4 is 30.4 Å². The fourth-order valence-electron chi connectivity index (χ4n) is 3.08. The van der Waals surface area contributed by atoms with Crippen molar-refractivity contribution in [1.29, 1.82) is 0 Å². The Bertz CT molecular complexity index is 1450. The molecule has 3 N–H and O–H groups in total. The van der Waals surface area contributed by atoms with Gasteiger partial charge in [-0.25, -0.2) is 0 Å². The second kappa shape index (κ2) is 12.4. The second-order valence-electron chi connectivity index (χ2n) is 7.40. The quantitative estimate of drug-likeness (QED) is 0.413. The maximum Gasteiger partial charge on any atom is 0.296 e. The van der Waals surface area contributed by atoms with Crippen LogP contribution >= 0.6 is 0 Å². The number of rotatable bonds is 3. The average Bonchev–Trinajstić information content (AvgIpc) is 2.81. The van der Waals surface area contributed by atoms with Gasteiger partial charge >= 0.3 is 0 Å². The van der Waals surface area contributed by atoms with E-state index >= 15 is 0 Å². The zero-order valence-electron chi connectivity index (χ0n) is 19.5. The summed E-state index contributed by atoms with van der Waals surface area (Å²) in [5.41, 5.74) is 0. The van der Waals surface area contributed by atoms with Gasteiger partial charge in [-0.15, -0.1) is 0 Å². The highest BCUT2D eigenvalue weighted by Crippen LogP contribution is 2.35. The third-order valence-electron chi connectivity index (χ3n) is 4.72. The van der Waals surface area contributed by atoms with Gasteiger partial charge in [0.1, 0.15) is 36.2 Å². The summed E-state index contributed by atoms with van der Waals surface area (Å²) < 4.78 is 131. The molecule has 1 aliphatic heterocycles. The molecule has 1 aliphatic rings. The predicted octanol–water partition coefficient (Wildman–Crippen LogP) is 0.689. The van der Waals surface area contributed by atoms with E-state index in [9.17, 15) is 38.9 Å². The zero-order valence-corrected chi connectivity index (χ0v) is 22.0. The lowest BCUT2D eigenvalue weighted by molar-refractivity contribution is 0.0638. The Morgan fingerprint density at radius 1 is 0.474 bits per heavy atom. The van der Waals surface area contributed by atoms with Crippen molar-refractivity contribution < 1.29 is 67.3 Å². The predicted molar refractivity (Wildman–Crippen MR) is 126 cm³/mol. The van der Waals surface area contributed by atoms with Crippen molar-refractivity contribution in [2.45, 2.75) is 14.7 Å². The van der Waals surface area contributed by atoms with E-state index < -0.39 is 45.0 Å². The highest BCUT2D eigenvalue weighted by Gasteiger charge is 2.27. The molecule has 2 aromatic carbocycles. The molecular formula is C20H24O15S3. The van der Waals surface area contributed by atoms with E-state index in [4.69, 9.17) is 28.4 Å². The molecule has 0 amide bonds. The summed E-state index contributed by atoms with van der Waals surface area (Å²) >= 11 is 0. The van der Waals surface area contributed by atoms with Crippen LogP contribution in [0, 0.1) is 0 Å². The fourth-order valence-corrected chi connectivity index (χ4v) is 5.34. The molecule has 0 saturated carbocycles. The van der Waals surface area contributed by atoms with Crippen LogP contribution in [0.25, 0.3) is 0 Å². The van der Waals surface area contributed by atoms with Gasteiger partial charge in [0.15, 0.2) is 23.0 Å². The summed E-state index contributed by atoms with van der Waals surface area (Å²) in [5, 5.41) is 0. The average molecular weight is 601 g/mol. The van der Waals surface area contributed by atoms with E-state index in [1.165, 1.54) is 6.07 Å². The van der Waals surface area contributed by atoms with E-state index in [0.29, 0.717) is 12.1 Å². The van der Waals surface area contributed by atoms with Crippen molar-refractivity contribution in [3.05, 3.63) is 30.3 Å².